The van der Waals surface area contributed by atoms with Crippen LogP contribution in [0.15, 0.2) is 6.20 Å². The molecule has 0 aliphatic heterocycles. The van der Waals surface area contributed by atoms with Gasteiger partial charge in [-0.3, -0.25) is 14.6 Å². The maximum atomic E-state index is 11.9. The van der Waals surface area contributed by atoms with E-state index in [9.17, 15) is 14.4 Å². The first-order valence-electron chi connectivity index (χ1n) is 8.91. The molecular formula is C21H22ClNO6. The van der Waals surface area contributed by atoms with Crippen LogP contribution < -0.4 is 4.74 Å². The molecular weight excluding hydrogens is 398 g/mol. The van der Waals surface area contributed by atoms with E-state index in [2.05, 4.69) is 16.8 Å². The number of unbranched alkanes of at least 4 members (excludes halogenated alkanes) is 2. The van der Waals surface area contributed by atoms with Gasteiger partial charge in [0.15, 0.2) is 0 Å². The quantitative estimate of drug-likeness (QED) is 0.233. The lowest BCUT2D eigenvalue weighted by Crippen LogP contribution is -2.13. The summed E-state index contributed by atoms with van der Waals surface area (Å²) in [7, 11) is 0. The van der Waals surface area contributed by atoms with Gasteiger partial charge in [0.2, 0.25) is 0 Å². The lowest BCUT2D eigenvalue weighted by Gasteiger charge is -2.15. The third-order valence-corrected chi connectivity index (χ3v) is 3.81. The van der Waals surface area contributed by atoms with Crippen LogP contribution >= 0.6 is 11.6 Å². The zero-order valence-corrected chi connectivity index (χ0v) is 16.9. The Bertz CT molecular complexity index is 822. The van der Waals surface area contributed by atoms with Crippen LogP contribution in [0.25, 0.3) is 0 Å². The summed E-state index contributed by atoms with van der Waals surface area (Å²) in [5.74, 6) is 4.07. The standard InChI is InChI=1S/C21H22ClNO6/c1-4-6-8-10-18(24)27-13-16-17(14-28-19(25)11-9-7-5-2)23-12-15(3)20(16)29-21(22)26/h1-2,12H,6-11,13-14H2,3H3. The molecule has 0 aliphatic rings. The molecule has 0 aromatic carbocycles. The van der Waals surface area contributed by atoms with Crippen molar-refractivity contribution in [2.24, 2.45) is 0 Å². The van der Waals surface area contributed by atoms with Crippen molar-refractivity contribution in [2.75, 3.05) is 0 Å². The van der Waals surface area contributed by atoms with E-state index in [-0.39, 0.29) is 37.5 Å². The van der Waals surface area contributed by atoms with Gasteiger partial charge in [0.1, 0.15) is 19.0 Å². The van der Waals surface area contributed by atoms with Crippen molar-refractivity contribution in [1.29, 1.82) is 0 Å². The fraction of sp³-hybridized carbons (Fsp3) is 0.429. The Balaban J connectivity index is 2.92. The molecule has 0 radical (unpaired) electrons. The predicted molar refractivity (Wildman–Crippen MR) is 106 cm³/mol. The molecule has 29 heavy (non-hydrogen) atoms. The summed E-state index contributed by atoms with van der Waals surface area (Å²) < 4.78 is 15.5. The third-order valence-electron chi connectivity index (χ3n) is 3.73. The number of rotatable bonds is 11. The number of nitrogens with zero attached hydrogens (tertiary/aromatic N) is 1. The molecule has 0 saturated heterocycles. The summed E-state index contributed by atoms with van der Waals surface area (Å²) in [6.07, 6.45) is 14.0. The van der Waals surface area contributed by atoms with Crippen molar-refractivity contribution in [3.63, 3.8) is 0 Å². The number of esters is 2. The van der Waals surface area contributed by atoms with Gasteiger partial charge in [-0.2, -0.15) is 0 Å². The fourth-order valence-corrected chi connectivity index (χ4v) is 2.37. The van der Waals surface area contributed by atoms with Crippen molar-refractivity contribution in [1.82, 2.24) is 4.98 Å². The highest BCUT2D eigenvalue weighted by Gasteiger charge is 2.19. The summed E-state index contributed by atoms with van der Waals surface area (Å²) in [5, 5.41) is 0. The van der Waals surface area contributed by atoms with E-state index >= 15 is 0 Å². The van der Waals surface area contributed by atoms with Gasteiger partial charge in [-0.05, 0) is 19.8 Å². The van der Waals surface area contributed by atoms with Gasteiger partial charge >= 0.3 is 17.4 Å². The zero-order valence-electron chi connectivity index (χ0n) is 16.2. The van der Waals surface area contributed by atoms with Gasteiger partial charge in [0, 0.05) is 49.0 Å². The minimum atomic E-state index is -1.06. The molecule has 1 aromatic heterocycles. The number of aromatic nitrogens is 1. The average Bonchev–Trinajstić information content (AvgIpc) is 2.67. The molecule has 7 nitrogen and oxygen atoms in total. The number of hydrogen-bond acceptors (Lipinski definition) is 7. The van der Waals surface area contributed by atoms with Crippen LogP contribution in [0.2, 0.25) is 0 Å². The molecule has 1 heterocycles. The summed E-state index contributed by atoms with van der Waals surface area (Å²) in [6, 6.07) is 0. The van der Waals surface area contributed by atoms with E-state index in [1.54, 1.807) is 6.92 Å². The Hall–Kier alpha value is -3.03. The van der Waals surface area contributed by atoms with Gasteiger partial charge in [-0.1, -0.05) is 0 Å². The summed E-state index contributed by atoms with van der Waals surface area (Å²) >= 11 is 5.34. The number of aryl methyl sites for hydroxylation is 1. The van der Waals surface area contributed by atoms with Crippen LogP contribution in [-0.2, 0) is 32.3 Å². The molecule has 1 rings (SSSR count). The van der Waals surface area contributed by atoms with Crippen LogP contribution in [0.5, 0.6) is 5.75 Å². The Labute approximate surface area is 175 Å². The second-order valence-corrected chi connectivity index (χ2v) is 6.28. The van der Waals surface area contributed by atoms with Crippen LogP contribution in [0.1, 0.15) is 55.3 Å². The molecule has 8 heteroatoms. The number of halogens is 1. The molecule has 0 bridgehead atoms. The van der Waals surface area contributed by atoms with Crippen LogP contribution in [0.3, 0.4) is 0 Å². The Morgan fingerprint density at radius 1 is 1.03 bits per heavy atom. The molecule has 0 amide bonds. The largest absolute Gasteiger partial charge is 0.461 e. The first-order chi connectivity index (χ1) is 13.9. The number of terminal acetylenes is 2. The van der Waals surface area contributed by atoms with Gasteiger partial charge in [0.25, 0.3) is 0 Å². The fourth-order valence-electron chi connectivity index (χ4n) is 2.29. The molecule has 1 aromatic rings. The highest BCUT2D eigenvalue weighted by atomic mass is 35.5. The number of pyridine rings is 1. The van der Waals surface area contributed by atoms with E-state index in [0.29, 0.717) is 36.8 Å². The van der Waals surface area contributed by atoms with Gasteiger partial charge in [-0.15, -0.1) is 24.7 Å². The SMILES string of the molecule is C#CCCCC(=O)OCc1ncc(C)c(OC(=O)Cl)c1COC(=O)CCCC#C. The Morgan fingerprint density at radius 2 is 1.59 bits per heavy atom. The van der Waals surface area contributed by atoms with E-state index in [1.165, 1.54) is 6.20 Å². The minimum Gasteiger partial charge on any atom is -0.461 e. The number of hydrogen-bond donors (Lipinski definition) is 0. The van der Waals surface area contributed by atoms with Crippen LogP contribution in [0, 0.1) is 31.6 Å². The van der Waals surface area contributed by atoms with Crippen molar-refractivity contribution < 1.29 is 28.6 Å². The minimum absolute atomic E-state index is 0.106. The van der Waals surface area contributed by atoms with Crippen molar-refractivity contribution >= 4 is 29.0 Å². The Morgan fingerprint density at radius 3 is 2.10 bits per heavy atom. The molecule has 0 N–H and O–H groups in total. The summed E-state index contributed by atoms with van der Waals surface area (Å²) in [6.45, 7) is 1.23. The van der Waals surface area contributed by atoms with Crippen molar-refractivity contribution in [3.8, 4) is 30.4 Å². The van der Waals surface area contributed by atoms with Crippen molar-refractivity contribution in [3.05, 3.63) is 23.0 Å². The average molecular weight is 420 g/mol. The summed E-state index contributed by atoms with van der Waals surface area (Å²) in [5.41, 5.74) is 0.0190. The smallest absolute Gasteiger partial charge is 0.409 e. The predicted octanol–water partition coefficient (Wildman–Crippen LogP) is 3.82. The zero-order chi connectivity index (χ0) is 21.6. The molecule has 0 unspecified atom stereocenters. The first-order valence-corrected chi connectivity index (χ1v) is 9.29. The van der Waals surface area contributed by atoms with E-state index in [1.807, 2.05) is 0 Å². The maximum absolute atomic E-state index is 11.9. The van der Waals surface area contributed by atoms with Crippen molar-refractivity contribution in [2.45, 2.75) is 58.7 Å². The summed E-state index contributed by atoms with van der Waals surface area (Å²) in [4.78, 5) is 39.2. The van der Waals surface area contributed by atoms with Gasteiger partial charge in [-0.25, -0.2) is 4.79 Å². The monoisotopic (exact) mass is 419 g/mol. The molecule has 154 valence electrons. The molecule has 0 spiro atoms. The lowest BCUT2D eigenvalue weighted by molar-refractivity contribution is -0.146. The van der Waals surface area contributed by atoms with Gasteiger partial charge < -0.3 is 14.2 Å². The molecule has 0 atom stereocenters. The topological polar surface area (TPSA) is 91.8 Å². The maximum Gasteiger partial charge on any atom is 0.409 e. The highest BCUT2D eigenvalue weighted by Crippen LogP contribution is 2.28. The molecule has 0 fully saturated rings. The third kappa shape index (κ3) is 9.14. The lowest BCUT2D eigenvalue weighted by atomic mass is 10.1. The second kappa shape index (κ2) is 13.2. The molecule has 0 saturated carbocycles. The van der Waals surface area contributed by atoms with Crippen LogP contribution in [-0.4, -0.2) is 22.4 Å². The van der Waals surface area contributed by atoms with Gasteiger partial charge in [0.05, 0.1) is 11.3 Å². The first kappa shape index (κ1) is 24.0. The van der Waals surface area contributed by atoms with E-state index in [4.69, 9.17) is 38.7 Å². The van der Waals surface area contributed by atoms with Crippen LogP contribution in [0.4, 0.5) is 4.79 Å². The highest BCUT2D eigenvalue weighted by molar-refractivity contribution is 6.61. The number of carbonyl (C=O) groups is 3. The molecule has 0 aliphatic carbocycles. The number of carbonyl (C=O) groups excluding carboxylic acids is 3. The normalized spacial score (nSPS) is 9.79. The number of ether oxygens (including phenoxy) is 3. The Kier molecular flexibility index (Phi) is 10.9. The van der Waals surface area contributed by atoms with E-state index < -0.39 is 17.4 Å². The van der Waals surface area contributed by atoms with E-state index in [0.717, 1.165) is 0 Å². The second-order valence-electron chi connectivity index (χ2n) is 5.97.